The van der Waals surface area contributed by atoms with Crippen LogP contribution in [0, 0.1) is 0 Å². The second-order valence-corrected chi connectivity index (χ2v) is 11.9. The van der Waals surface area contributed by atoms with Crippen molar-refractivity contribution in [3.63, 3.8) is 0 Å². The summed E-state index contributed by atoms with van der Waals surface area (Å²) in [6.07, 6.45) is 7.11. The van der Waals surface area contributed by atoms with Crippen LogP contribution in [0.2, 0.25) is 0 Å². The van der Waals surface area contributed by atoms with Crippen molar-refractivity contribution in [2.24, 2.45) is 0 Å². The molecule has 4 aromatic rings. The van der Waals surface area contributed by atoms with Crippen LogP contribution in [0.3, 0.4) is 0 Å². The summed E-state index contributed by atoms with van der Waals surface area (Å²) in [7, 11) is 0. The molecule has 1 aromatic heterocycles. The molecule has 0 aliphatic heterocycles. The summed E-state index contributed by atoms with van der Waals surface area (Å²) < 4.78 is 1.92. The van der Waals surface area contributed by atoms with E-state index in [1.54, 1.807) is 18.3 Å². The highest BCUT2D eigenvalue weighted by atomic mass is 16.3. The maximum Gasteiger partial charge on any atom is 0.251 e. The molecule has 4 rings (SSSR count). The molecule has 4 N–H and O–H groups in total. The summed E-state index contributed by atoms with van der Waals surface area (Å²) in [5.41, 5.74) is 2.60. The van der Waals surface area contributed by atoms with Crippen LogP contribution in [0.15, 0.2) is 79.1 Å². The molecule has 9 heteroatoms. The lowest BCUT2D eigenvalue weighted by molar-refractivity contribution is -0.123. The number of benzene rings is 3. The van der Waals surface area contributed by atoms with Crippen LogP contribution in [0.1, 0.15) is 79.8 Å². The van der Waals surface area contributed by atoms with Crippen molar-refractivity contribution >= 4 is 22.6 Å². The van der Waals surface area contributed by atoms with Gasteiger partial charge >= 0.3 is 0 Å². The van der Waals surface area contributed by atoms with Gasteiger partial charge in [-0.2, -0.15) is 0 Å². The fraction of sp³-hybridized carbons (Fsp3) is 0.432. The molecular weight excluding hydrogens is 576 g/mol. The Labute approximate surface area is 273 Å². The van der Waals surface area contributed by atoms with E-state index in [1.165, 1.54) is 0 Å². The predicted octanol–water partition coefficient (Wildman–Crippen LogP) is 5.20. The maximum atomic E-state index is 13.7. The second-order valence-electron chi connectivity index (χ2n) is 11.9. The van der Waals surface area contributed by atoms with Crippen LogP contribution in [-0.2, 0) is 24.4 Å². The molecule has 0 spiro atoms. The molecule has 0 radical (unpaired) electrons. The summed E-state index contributed by atoms with van der Waals surface area (Å²) in [6.45, 7) is 11.1. The van der Waals surface area contributed by atoms with Crippen molar-refractivity contribution in [2.75, 3.05) is 26.2 Å². The van der Waals surface area contributed by atoms with Crippen molar-refractivity contribution in [3.8, 4) is 0 Å². The number of carbonyl (C=O) groups is 2. The van der Waals surface area contributed by atoms with E-state index in [0.717, 1.165) is 66.6 Å². The highest BCUT2D eigenvalue weighted by Crippen LogP contribution is 2.24. The van der Waals surface area contributed by atoms with Gasteiger partial charge < -0.3 is 30.5 Å². The van der Waals surface area contributed by atoms with Crippen LogP contribution in [0.4, 0.5) is 0 Å². The number of amides is 2. The van der Waals surface area contributed by atoms with Crippen LogP contribution < -0.4 is 16.0 Å². The van der Waals surface area contributed by atoms with Gasteiger partial charge in [-0.1, -0.05) is 68.4 Å². The molecule has 0 fully saturated rings. The van der Waals surface area contributed by atoms with E-state index in [-0.39, 0.29) is 24.5 Å². The number of hydrogen-bond acceptors (Lipinski definition) is 6. The van der Waals surface area contributed by atoms with E-state index in [2.05, 4.69) is 57.9 Å². The zero-order valence-electron chi connectivity index (χ0n) is 27.5. The molecule has 0 saturated heterocycles. The molecule has 46 heavy (non-hydrogen) atoms. The zero-order chi connectivity index (χ0) is 32.7. The second kappa shape index (κ2) is 18.2. The standard InChI is InChI=1S/C37H50N6O3/c1-4-20-42(21-5-2)22-9-14-34(37(46)40-28(3)32-13-8-11-30-10-6-7-12-33(30)32)41-36(45)31-17-15-29(16-18-31)26-38-27-35-39-19-23-43(35)24-25-44/h6-8,10-13,15-19,23,28,34,38,44H,4-5,9,14,20-22,24-27H2,1-3H3,(H,40,46)(H,41,45)/t28-,34?/m0/s1. The fourth-order valence-electron chi connectivity index (χ4n) is 5.93. The third-order valence-corrected chi connectivity index (χ3v) is 8.29. The number of aromatic nitrogens is 2. The van der Waals surface area contributed by atoms with Crippen LogP contribution in [-0.4, -0.2) is 63.7 Å². The van der Waals surface area contributed by atoms with E-state index in [0.29, 0.717) is 31.6 Å². The average Bonchev–Trinajstić information content (AvgIpc) is 3.51. The van der Waals surface area contributed by atoms with Crippen molar-refractivity contribution in [2.45, 2.75) is 78.2 Å². The highest BCUT2D eigenvalue weighted by Gasteiger charge is 2.24. The number of nitrogens with one attached hydrogen (secondary N) is 3. The molecule has 1 heterocycles. The number of hydrogen-bond donors (Lipinski definition) is 4. The monoisotopic (exact) mass is 626 g/mol. The molecule has 246 valence electrons. The fourth-order valence-corrected chi connectivity index (χ4v) is 5.93. The molecule has 3 aromatic carbocycles. The van der Waals surface area contributed by atoms with Gasteiger partial charge in [0, 0.05) is 31.0 Å². The van der Waals surface area contributed by atoms with E-state index in [1.807, 2.05) is 54.1 Å². The number of aliphatic hydroxyl groups excluding tert-OH is 1. The van der Waals surface area contributed by atoms with E-state index >= 15 is 0 Å². The molecule has 2 amide bonds. The topological polar surface area (TPSA) is 112 Å². The number of nitrogens with zero attached hydrogens (tertiary/aromatic N) is 3. The predicted molar refractivity (Wildman–Crippen MR) is 184 cm³/mol. The van der Waals surface area contributed by atoms with Gasteiger partial charge in [0.1, 0.15) is 11.9 Å². The quantitative estimate of drug-likeness (QED) is 0.114. The minimum Gasteiger partial charge on any atom is -0.395 e. The van der Waals surface area contributed by atoms with Gasteiger partial charge in [0.05, 0.1) is 19.2 Å². The number of imidazole rings is 1. The van der Waals surface area contributed by atoms with E-state index < -0.39 is 6.04 Å². The van der Waals surface area contributed by atoms with Crippen LogP contribution in [0.5, 0.6) is 0 Å². The highest BCUT2D eigenvalue weighted by molar-refractivity contribution is 5.97. The Morgan fingerprint density at radius 2 is 1.65 bits per heavy atom. The van der Waals surface area contributed by atoms with Gasteiger partial charge in [0.2, 0.25) is 5.91 Å². The molecule has 9 nitrogen and oxygen atoms in total. The number of fused-ring (bicyclic) bond motifs is 1. The number of carbonyl (C=O) groups excluding carboxylic acids is 2. The zero-order valence-corrected chi connectivity index (χ0v) is 27.5. The smallest absolute Gasteiger partial charge is 0.251 e. The Morgan fingerprint density at radius 3 is 2.39 bits per heavy atom. The van der Waals surface area contributed by atoms with Crippen LogP contribution in [0.25, 0.3) is 10.8 Å². The maximum absolute atomic E-state index is 13.7. The first-order valence-corrected chi connectivity index (χ1v) is 16.6. The summed E-state index contributed by atoms with van der Waals surface area (Å²) >= 11 is 0. The third kappa shape index (κ3) is 9.97. The Bertz CT molecular complexity index is 1510. The van der Waals surface area contributed by atoms with Gasteiger partial charge in [0.15, 0.2) is 0 Å². The number of rotatable bonds is 19. The van der Waals surface area contributed by atoms with Crippen molar-refractivity contribution < 1.29 is 14.7 Å². The first-order chi connectivity index (χ1) is 22.4. The Hall–Kier alpha value is -4.05. The van der Waals surface area contributed by atoms with Crippen LogP contribution >= 0.6 is 0 Å². The normalized spacial score (nSPS) is 12.7. The first-order valence-electron chi connectivity index (χ1n) is 16.6. The van der Waals surface area contributed by atoms with E-state index in [4.69, 9.17) is 0 Å². The lowest BCUT2D eigenvalue weighted by Crippen LogP contribution is -2.47. The molecule has 1 unspecified atom stereocenters. The summed E-state index contributed by atoms with van der Waals surface area (Å²) in [5, 5.41) is 21.1. The Morgan fingerprint density at radius 1 is 0.913 bits per heavy atom. The number of aliphatic hydroxyl groups is 1. The van der Waals surface area contributed by atoms with Gasteiger partial charge in [-0.3, -0.25) is 9.59 Å². The van der Waals surface area contributed by atoms with Gasteiger partial charge in [-0.15, -0.1) is 0 Å². The lowest BCUT2D eigenvalue weighted by Gasteiger charge is -2.25. The molecule has 0 aliphatic carbocycles. The lowest BCUT2D eigenvalue weighted by atomic mass is 9.99. The molecule has 0 saturated carbocycles. The first kappa shape index (κ1) is 34.8. The third-order valence-electron chi connectivity index (χ3n) is 8.29. The molecule has 2 atom stereocenters. The molecule has 0 bridgehead atoms. The summed E-state index contributed by atoms with van der Waals surface area (Å²) in [5.74, 6) is 0.422. The van der Waals surface area contributed by atoms with Crippen molar-refractivity contribution in [3.05, 3.63) is 102 Å². The molecular formula is C37H50N6O3. The minimum atomic E-state index is -0.654. The summed E-state index contributed by atoms with van der Waals surface area (Å²) in [4.78, 5) is 33.9. The Kier molecular flexibility index (Phi) is 13.8. The minimum absolute atomic E-state index is 0.0643. The largest absolute Gasteiger partial charge is 0.395 e. The van der Waals surface area contributed by atoms with Crippen molar-refractivity contribution in [1.29, 1.82) is 0 Å². The Balaban J connectivity index is 1.39. The van der Waals surface area contributed by atoms with Gasteiger partial charge in [0.25, 0.3) is 5.91 Å². The van der Waals surface area contributed by atoms with Crippen molar-refractivity contribution in [1.82, 2.24) is 30.4 Å². The average molecular weight is 627 g/mol. The summed E-state index contributed by atoms with van der Waals surface area (Å²) in [6, 6.07) is 20.9. The van der Waals surface area contributed by atoms with Gasteiger partial charge in [-0.05, 0) is 86.3 Å². The van der Waals surface area contributed by atoms with E-state index in [9.17, 15) is 14.7 Å². The van der Waals surface area contributed by atoms with Gasteiger partial charge in [-0.25, -0.2) is 4.98 Å². The molecule has 0 aliphatic rings. The SMILES string of the molecule is CCCN(CCC)CCCC(NC(=O)c1ccc(CNCc2nccn2CCO)cc1)C(=O)N[C@@H](C)c1cccc2ccccc12.